The Kier molecular flexibility index (Phi) is 5.85. The van der Waals surface area contributed by atoms with Crippen LogP contribution in [0.15, 0.2) is 42.7 Å². The van der Waals surface area contributed by atoms with Gasteiger partial charge < -0.3 is 19.5 Å². The number of hydrogen-bond donors (Lipinski definition) is 1. The van der Waals surface area contributed by atoms with E-state index >= 15 is 0 Å². The van der Waals surface area contributed by atoms with E-state index in [9.17, 15) is 14.4 Å². The number of H-pyrrole nitrogens is 1. The molecular weight excluding hydrogens is 410 g/mol. The molecule has 1 saturated heterocycles. The number of fused-ring (bicyclic) bond motifs is 1. The number of pyridine rings is 1. The molecule has 1 fully saturated rings. The van der Waals surface area contributed by atoms with E-state index in [1.165, 1.54) is 24.4 Å². The standard InChI is InChI=1S/C23H21N5O4/c1-32-18-14-25-17(7-8-24)20-19(18)16(13-26-20)21(29)23(31)28-11-9-27(10-12-28)22(30)15-5-3-2-4-6-15/h2-6,13-14,26H,7,9-12H2,1H3. The Bertz CT molecular complexity index is 1220. The van der Waals surface area contributed by atoms with Crippen molar-refractivity contribution in [3.63, 3.8) is 0 Å². The van der Waals surface area contributed by atoms with Crippen LogP contribution in [0.5, 0.6) is 5.75 Å². The summed E-state index contributed by atoms with van der Waals surface area (Å²) in [5.74, 6) is -1.06. The number of rotatable bonds is 5. The number of nitriles is 1. The maximum absolute atomic E-state index is 13.1. The van der Waals surface area contributed by atoms with Gasteiger partial charge in [-0.15, -0.1) is 0 Å². The van der Waals surface area contributed by atoms with Crippen LogP contribution >= 0.6 is 0 Å². The number of benzene rings is 1. The van der Waals surface area contributed by atoms with Gasteiger partial charge in [-0.3, -0.25) is 19.4 Å². The Balaban J connectivity index is 1.51. The number of Topliss-reactive ketones (excluding diaryl/α,β-unsaturated/α-hetero) is 1. The zero-order valence-electron chi connectivity index (χ0n) is 17.5. The van der Waals surface area contributed by atoms with Crippen molar-refractivity contribution in [3.8, 4) is 11.8 Å². The van der Waals surface area contributed by atoms with Crippen LogP contribution in [0.3, 0.4) is 0 Å². The Hall–Kier alpha value is -4.19. The van der Waals surface area contributed by atoms with Crippen LogP contribution in [-0.2, 0) is 11.2 Å². The first-order valence-electron chi connectivity index (χ1n) is 10.1. The molecule has 3 aromatic rings. The van der Waals surface area contributed by atoms with Crippen molar-refractivity contribution in [3.05, 3.63) is 59.5 Å². The van der Waals surface area contributed by atoms with Gasteiger partial charge in [-0.2, -0.15) is 5.26 Å². The quantitative estimate of drug-likeness (QED) is 0.486. The number of nitrogens with zero attached hydrogens (tertiary/aromatic N) is 4. The summed E-state index contributed by atoms with van der Waals surface area (Å²) in [6.45, 7) is 1.23. The molecule has 2 amide bonds. The van der Waals surface area contributed by atoms with Gasteiger partial charge in [0.2, 0.25) is 0 Å². The zero-order chi connectivity index (χ0) is 22.7. The number of methoxy groups -OCH3 is 1. The number of aromatic amines is 1. The molecule has 0 saturated carbocycles. The minimum Gasteiger partial charge on any atom is -0.494 e. The highest BCUT2D eigenvalue weighted by Gasteiger charge is 2.31. The lowest BCUT2D eigenvalue weighted by atomic mass is 10.1. The van der Waals surface area contributed by atoms with Crippen LogP contribution in [0, 0.1) is 11.3 Å². The first-order valence-corrected chi connectivity index (χ1v) is 10.1. The van der Waals surface area contributed by atoms with E-state index in [0.29, 0.717) is 41.0 Å². The van der Waals surface area contributed by atoms with Crippen molar-refractivity contribution >= 4 is 28.5 Å². The summed E-state index contributed by atoms with van der Waals surface area (Å²) in [7, 11) is 1.45. The molecule has 3 heterocycles. The molecule has 162 valence electrons. The predicted octanol–water partition coefficient (Wildman–Crippen LogP) is 1.80. The highest BCUT2D eigenvalue weighted by Crippen LogP contribution is 2.30. The first-order chi connectivity index (χ1) is 15.5. The van der Waals surface area contributed by atoms with E-state index in [0.717, 1.165) is 0 Å². The third kappa shape index (κ3) is 3.78. The van der Waals surface area contributed by atoms with Crippen LogP contribution in [0.1, 0.15) is 26.4 Å². The number of nitrogens with one attached hydrogen (secondary N) is 1. The number of piperazine rings is 1. The molecule has 1 aromatic carbocycles. The van der Waals surface area contributed by atoms with Crippen molar-refractivity contribution in [2.24, 2.45) is 0 Å². The average Bonchev–Trinajstić information content (AvgIpc) is 3.29. The lowest BCUT2D eigenvalue weighted by molar-refractivity contribution is -0.127. The molecule has 2 aromatic heterocycles. The Labute approximate surface area is 184 Å². The highest BCUT2D eigenvalue weighted by molar-refractivity contribution is 6.45. The summed E-state index contributed by atoms with van der Waals surface area (Å²) in [5.41, 5.74) is 1.74. The maximum Gasteiger partial charge on any atom is 0.295 e. The molecule has 32 heavy (non-hydrogen) atoms. The van der Waals surface area contributed by atoms with Crippen LogP contribution in [0.25, 0.3) is 10.9 Å². The number of ketones is 1. The zero-order valence-corrected chi connectivity index (χ0v) is 17.5. The van der Waals surface area contributed by atoms with Gasteiger partial charge in [0.15, 0.2) is 0 Å². The van der Waals surface area contributed by atoms with Gasteiger partial charge in [-0.25, -0.2) is 0 Å². The summed E-state index contributed by atoms with van der Waals surface area (Å²) >= 11 is 0. The van der Waals surface area contributed by atoms with E-state index < -0.39 is 11.7 Å². The second-order valence-electron chi connectivity index (χ2n) is 7.34. The smallest absolute Gasteiger partial charge is 0.295 e. The molecule has 9 nitrogen and oxygen atoms in total. The van der Waals surface area contributed by atoms with Crippen molar-refractivity contribution in [2.45, 2.75) is 6.42 Å². The number of aromatic nitrogens is 2. The minimum atomic E-state index is -0.675. The summed E-state index contributed by atoms with van der Waals surface area (Å²) in [5, 5.41) is 9.46. The molecule has 0 radical (unpaired) electrons. The van der Waals surface area contributed by atoms with Crippen LogP contribution in [0.2, 0.25) is 0 Å². The van der Waals surface area contributed by atoms with Crippen molar-refractivity contribution in [2.75, 3.05) is 33.3 Å². The second kappa shape index (κ2) is 8.89. The molecule has 0 bridgehead atoms. The molecule has 4 rings (SSSR count). The number of hydrogen-bond acceptors (Lipinski definition) is 6. The fourth-order valence-corrected chi connectivity index (χ4v) is 3.85. The summed E-state index contributed by atoms with van der Waals surface area (Å²) in [6.07, 6.45) is 2.95. The SMILES string of the molecule is COc1cnc(CC#N)c2[nH]cc(C(=O)C(=O)N3CCN(C(=O)c4ccccc4)CC3)c12. The number of carbonyl (C=O) groups excluding carboxylic acids is 3. The molecule has 1 N–H and O–H groups in total. The lowest BCUT2D eigenvalue weighted by Gasteiger charge is -2.34. The third-order valence-electron chi connectivity index (χ3n) is 5.53. The number of amides is 2. The van der Waals surface area contributed by atoms with Crippen LogP contribution < -0.4 is 4.74 Å². The van der Waals surface area contributed by atoms with Gasteiger partial charge in [-0.1, -0.05) is 18.2 Å². The topological polar surface area (TPSA) is 119 Å². The van der Waals surface area contributed by atoms with E-state index in [4.69, 9.17) is 10.00 Å². The van der Waals surface area contributed by atoms with Gasteiger partial charge in [0.05, 0.1) is 48.0 Å². The lowest BCUT2D eigenvalue weighted by Crippen LogP contribution is -2.52. The van der Waals surface area contributed by atoms with Crippen LogP contribution in [-0.4, -0.2) is 70.7 Å². The predicted molar refractivity (Wildman–Crippen MR) is 115 cm³/mol. The van der Waals surface area contributed by atoms with Gasteiger partial charge in [0, 0.05) is 37.9 Å². The monoisotopic (exact) mass is 431 g/mol. The van der Waals surface area contributed by atoms with E-state index in [2.05, 4.69) is 9.97 Å². The van der Waals surface area contributed by atoms with Crippen molar-refractivity contribution in [1.29, 1.82) is 5.26 Å². The molecule has 0 aliphatic carbocycles. The average molecular weight is 431 g/mol. The Morgan fingerprint density at radius 1 is 1.12 bits per heavy atom. The highest BCUT2D eigenvalue weighted by atomic mass is 16.5. The molecule has 9 heteroatoms. The van der Waals surface area contributed by atoms with E-state index in [1.54, 1.807) is 29.2 Å². The van der Waals surface area contributed by atoms with Gasteiger partial charge >= 0.3 is 0 Å². The summed E-state index contributed by atoms with van der Waals surface area (Å²) in [4.78, 5) is 48.9. The fourth-order valence-electron chi connectivity index (χ4n) is 3.85. The van der Waals surface area contributed by atoms with E-state index in [1.807, 2.05) is 12.1 Å². The third-order valence-corrected chi connectivity index (χ3v) is 5.53. The maximum atomic E-state index is 13.1. The second-order valence-corrected chi connectivity index (χ2v) is 7.34. The van der Waals surface area contributed by atoms with Gasteiger partial charge in [0.25, 0.3) is 17.6 Å². The van der Waals surface area contributed by atoms with Gasteiger partial charge in [0.1, 0.15) is 5.75 Å². The largest absolute Gasteiger partial charge is 0.494 e. The van der Waals surface area contributed by atoms with Gasteiger partial charge in [-0.05, 0) is 12.1 Å². The Morgan fingerprint density at radius 2 is 1.81 bits per heavy atom. The molecule has 1 aliphatic rings. The number of ether oxygens (including phenoxy) is 1. The Morgan fingerprint density at radius 3 is 2.47 bits per heavy atom. The molecular formula is C23H21N5O4. The summed E-state index contributed by atoms with van der Waals surface area (Å²) in [6, 6.07) is 11.0. The molecule has 1 aliphatic heterocycles. The molecule has 0 spiro atoms. The molecule has 0 unspecified atom stereocenters. The molecule has 0 atom stereocenters. The van der Waals surface area contributed by atoms with Crippen molar-refractivity contribution < 1.29 is 19.1 Å². The summed E-state index contributed by atoms with van der Waals surface area (Å²) < 4.78 is 5.33. The fraction of sp³-hybridized carbons (Fsp3) is 0.261. The minimum absolute atomic E-state index is 0.0555. The number of carbonyl (C=O) groups is 3. The normalized spacial score (nSPS) is 13.6. The van der Waals surface area contributed by atoms with Crippen LogP contribution in [0.4, 0.5) is 0 Å². The van der Waals surface area contributed by atoms with Crippen molar-refractivity contribution in [1.82, 2.24) is 19.8 Å². The first kappa shape index (κ1) is 21.1. The van der Waals surface area contributed by atoms with E-state index in [-0.39, 0.29) is 31.0 Å².